The van der Waals surface area contributed by atoms with Gasteiger partial charge in [0, 0.05) is 19.6 Å². The van der Waals surface area contributed by atoms with Crippen LogP contribution in [-0.2, 0) is 13.6 Å². The van der Waals surface area contributed by atoms with Gasteiger partial charge in [-0.25, -0.2) is 0 Å². The van der Waals surface area contributed by atoms with Gasteiger partial charge in [0.05, 0.1) is 11.4 Å². The van der Waals surface area contributed by atoms with Gasteiger partial charge in [-0.1, -0.05) is 19.3 Å². The normalized spacial score (nSPS) is 17.0. The molecule has 1 aromatic rings. The Morgan fingerprint density at radius 3 is 2.75 bits per heavy atom. The molecule has 0 bridgehead atoms. The third kappa shape index (κ3) is 4.60. The van der Waals surface area contributed by atoms with Crippen molar-refractivity contribution in [3.8, 4) is 0 Å². The van der Waals surface area contributed by atoms with Gasteiger partial charge in [0.25, 0.3) is 0 Å². The summed E-state index contributed by atoms with van der Waals surface area (Å²) in [6.07, 6.45) is 8.32. The summed E-state index contributed by atoms with van der Waals surface area (Å²) in [5.41, 5.74) is 2.37. The van der Waals surface area contributed by atoms with Crippen LogP contribution in [0.25, 0.3) is 0 Å². The fourth-order valence-corrected chi connectivity index (χ4v) is 3.20. The van der Waals surface area contributed by atoms with Crippen LogP contribution in [0.4, 0.5) is 0 Å². The zero-order valence-corrected chi connectivity index (χ0v) is 13.4. The molecule has 114 valence electrons. The van der Waals surface area contributed by atoms with E-state index >= 15 is 0 Å². The van der Waals surface area contributed by atoms with Crippen LogP contribution in [0.5, 0.6) is 0 Å². The van der Waals surface area contributed by atoms with E-state index in [9.17, 15) is 0 Å². The SMILES string of the molecule is Cc1cc(CNCCCN(C)C2CCCCC2)n(C)n1. The monoisotopic (exact) mass is 278 g/mol. The Balaban J connectivity index is 1.58. The van der Waals surface area contributed by atoms with E-state index in [4.69, 9.17) is 0 Å². The fraction of sp³-hybridized carbons (Fsp3) is 0.812. The molecule has 1 heterocycles. The summed E-state index contributed by atoms with van der Waals surface area (Å²) in [4.78, 5) is 2.56. The molecule has 1 saturated carbocycles. The average molecular weight is 278 g/mol. The second-order valence-corrected chi connectivity index (χ2v) is 6.20. The predicted molar refractivity (Wildman–Crippen MR) is 83.8 cm³/mol. The minimum absolute atomic E-state index is 0.837. The topological polar surface area (TPSA) is 33.1 Å². The highest BCUT2D eigenvalue weighted by Crippen LogP contribution is 2.21. The van der Waals surface area contributed by atoms with Crippen molar-refractivity contribution in [1.82, 2.24) is 20.0 Å². The number of aryl methyl sites for hydroxylation is 2. The first-order valence-corrected chi connectivity index (χ1v) is 8.07. The van der Waals surface area contributed by atoms with Crippen molar-refractivity contribution in [2.24, 2.45) is 7.05 Å². The van der Waals surface area contributed by atoms with Crippen LogP contribution in [0.15, 0.2) is 6.07 Å². The number of hydrogen-bond donors (Lipinski definition) is 1. The zero-order chi connectivity index (χ0) is 14.4. The third-order valence-electron chi connectivity index (χ3n) is 4.47. The van der Waals surface area contributed by atoms with Gasteiger partial charge in [-0.3, -0.25) is 4.68 Å². The van der Waals surface area contributed by atoms with Crippen molar-refractivity contribution in [2.75, 3.05) is 20.1 Å². The molecule has 1 fully saturated rings. The molecule has 1 N–H and O–H groups in total. The highest BCUT2D eigenvalue weighted by atomic mass is 15.3. The summed E-state index contributed by atoms with van der Waals surface area (Å²) in [6, 6.07) is 2.99. The molecule has 0 atom stereocenters. The first kappa shape index (κ1) is 15.5. The molecule has 0 unspecified atom stereocenters. The van der Waals surface area contributed by atoms with Crippen molar-refractivity contribution in [2.45, 2.75) is 58.0 Å². The summed E-state index contributed by atoms with van der Waals surface area (Å²) >= 11 is 0. The number of nitrogens with one attached hydrogen (secondary N) is 1. The maximum Gasteiger partial charge on any atom is 0.0597 e. The van der Waals surface area contributed by atoms with Gasteiger partial charge < -0.3 is 10.2 Å². The van der Waals surface area contributed by atoms with E-state index < -0.39 is 0 Å². The number of nitrogens with zero attached hydrogens (tertiary/aromatic N) is 3. The minimum Gasteiger partial charge on any atom is -0.311 e. The van der Waals surface area contributed by atoms with E-state index in [0.29, 0.717) is 0 Å². The first-order valence-electron chi connectivity index (χ1n) is 8.07. The largest absolute Gasteiger partial charge is 0.311 e. The summed E-state index contributed by atoms with van der Waals surface area (Å²) in [5, 5.41) is 7.89. The Hall–Kier alpha value is -0.870. The molecule has 0 spiro atoms. The smallest absolute Gasteiger partial charge is 0.0597 e. The van der Waals surface area contributed by atoms with E-state index in [1.165, 1.54) is 50.8 Å². The Labute approximate surface area is 123 Å². The van der Waals surface area contributed by atoms with Crippen LogP contribution in [0.2, 0.25) is 0 Å². The second kappa shape index (κ2) is 7.79. The quantitative estimate of drug-likeness (QED) is 0.778. The van der Waals surface area contributed by atoms with Crippen molar-refractivity contribution < 1.29 is 0 Å². The molecular formula is C16H30N4. The molecule has 0 aromatic carbocycles. The minimum atomic E-state index is 0.837. The maximum atomic E-state index is 4.37. The number of aromatic nitrogens is 2. The molecule has 2 rings (SSSR count). The molecule has 1 aliphatic carbocycles. The molecular weight excluding hydrogens is 248 g/mol. The van der Waals surface area contributed by atoms with Crippen molar-refractivity contribution in [3.63, 3.8) is 0 Å². The summed E-state index contributed by atoms with van der Waals surface area (Å²) in [7, 11) is 4.31. The molecule has 0 aliphatic heterocycles. The van der Waals surface area contributed by atoms with Crippen molar-refractivity contribution in [1.29, 1.82) is 0 Å². The van der Waals surface area contributed by atoms with E-state index in [-0.39, 0.29) is 0 Å². The van der Waals surface area contributed by atoms with Crippen LogP contribution in [0.1, 0.15) is 49.9 Å². The third-order valence-corrected chi connectivity index (χ3v) is 4.47. The van der Waals surface area contributed by atoms with E-state index in [2.05, 4.69) is 28.4 Å². The molecule has 20 heavy (non-hydrogen) atoms. The Kier molecular flexibility index (Phi) is 6.05. The Morgan fingerprint density at radius 1 is 1.35 bits per heavy atom. The highest BCUT2D eigenvalue weighted by molar-refractivity contribution is 5.08. The van der Waals surface area contributed by atoms with Crippen LogP contribution >= 0.6 is 0 Å². The zero-order valence-electron chi connectivity index (χ0n) is 13.4. The van der Waals surface area contributed by atoms with Crippen LogP contribution in [0.3, 0.4) is 0 Å². The standard InChI is InChI=1S/C16H30N4/c1-14-12-16(20(3)18-14)13-17-10-7-11-19(2)15-8-5-4-6-9-15/h12,15,17H,4-11,13H2,1-3H3. The first-order chi connectivity index (χ1) is 9.66. The van der Waals surface area contributed by atoms with E-state index in [1.807, 2.05) is 18.7 Å². The summed E-state index contributed by atoms with van der Waals surface area (Å²) in [5.74, 6) is 0. The molecule has 4 nitrogen and oxygen atoms in total. The molecule has 0 saturated heterocycles. The molecule has 0 radical (unpaired) electrons. The van der Waals surface area contributed by atoms with Gasteiger partial charge >= 0.3 is 0 Å². The lowest BCUT2D eigenvalue weighted by atomic mass is 9.94. The fourth-order valence-electron chi connectivity index (χ4n) is 3.20. The van der Waals surface area contributed by atoms with Crippen molar-refractivity contribution >= 4 is 0 Å². The molecule has 4 heteroatoms. The molecule has 0 amide bonds. The van der Waals surface area contributed by atoms with Crippen LogP contribution in [-0.4, -0.2) is 40.9 Å². The molecule has 1 aliphatic rings. The Bertz CT molecular complexity index is 393. The average Bonchev–Trinajstić information content (AvgIpc) is 2.77. The van der Waals surface area contributed by atoms with E-state index in [0.717, 1.165) is 24.8 Å². The highest BCUT2D eigenvalue weighted by Gasteiger charge is 2.17. The van der Waals surface area contributed by atoms with E-state index in [1.54, 1.807) is 0 Å². The van der Waals surface area contributed by atoms with Crippen molar-refractivity contribution in [3.05, 3.63) is 17.5 Å². The maximum absolute atomic E-state index is 4.37. The lowest BCUT2D eigenvalue weighted by Gasteiger charge is -2.31. The summed E-state index contributed by atoms with van der Waals surface area (Å²) in [6.45, 7) is 5.26. The van der Waals surface area contributed by atoms with Gasteiger partial charge in [-0.15, -0.1) is 0 Å². The van der Waals surface area contributed by atoms with Gasteiger partial charge in [0.2, 0.25) is 0 Å². The van der Waals surface area contributed by atoms with Gasteiger partial charge in [-0.05, 0) is 52.4 Å². The van der Waals surface area contributed by atoms with Gasteiger partial charge in [0.1, 0.15) is 0 Å². The van der Waals surface area contributed by atoms with Crippen LogP contribution < -0.4 is 5.32 Å². The lowest BCUT2D eigenvalue weighted by molar-refractivity contribution is 0.189. The van der Waals surface area contributed by atoms with Gasteiger partial charge in [-0.2, -0.15) is 5.10 Å². The molecule has 1 aromatic heterocycles. The Morgan fingerprint density at radius 2 is 2.10 bits per heavy atom. The van der Waals surface area contributed by atoms with Gasteiger partial charge in [0.15, 0.2) is 0 Å². The van der Waals surface area contributed by atoms with Crippen LogP contribution in [0, 0.1) is 6.92 Å². The predicted octanol–water partition coefficient (Wildman–Crippen LogP) is 2.47. The number of hydrogen-bond acceptors (Lipinski definition) is 3. The second-order valence-electron chi connectivity index (χ2n) is 6.20. The lowest BCUT2D eigenvalue weighted by Crippen LogP contribution is -2.35. The summed E-state index contributed by atoms with van der Waals surface area (Å²) < 4.78 is 1.97. The number of rotatable bonds is 7.